The maximum Gasteiger partial charge on any atom is 0.132 e. The van der Waals surface area contributed by atoms with Crippen molar-refractivity contribution in [1.29, 1.82) is 0 Å². The molecule has 1 aromatic carbocycles. The lowest BCUT2D eigenvalue weighted by atomic mass is 10.1. The Morgan fingerprint density at radius 2 is 1.85 bits per heavy atom. The van der Waals surface area contributed by atoms with E-state index in [1.165, 1.54) is 0 Å². The van der Waals surface area contributed by atoms with Gasteiger partial charge in [-0.3, -0.25) is 0 Å². The van der Waals surface area contributed by atoms with Gasteiger partial charge in [-0.05, 0) is 52.7 Å². The molecule has 0 bridgehead atoms. The topological polar surface area (TPSA) is 35.0 Å². The maximum absolute atomic E-state index is 5.59. The standard InChI is InChI=1S/C16H19BrN2O/c1-4-9-20-13-7-5-12(6-8-13)14-10-15(17)19-16(18-14)11(2)3/h5-8,10-11H,4,9H2,1-3H3. The minimum atomic E-state index is 0.304. The first kappa shape index (κ1) is 15.0. The number of hydrogen-bond acceptors (Lipinski definition) is 3. The molecule has 1 heterocycles. The van der Waals surface area contributed by atoms with E-state index >= 15 is 0 Å². The van der Waals surface area contributed by atoms with Gasteiger partial charge in [0.1, 0.15) is 16.2 Å². The van der Waals surface area contributed by atoms with Gasteiger partial charge in [-0.2, -0.15) is 0 Å². The van der Waals surface area contributed by atoms with E-state index in [0.717, 1.165) is 40.5 Å². The van der Waals surface area contributed by atoms with E-state index in [-0.39, 0.29) is 0 Å². The van der Waals surface area contributed by atoms with Gasteiger partial charge >= 0.3 is 0 Å². The van der Waals surface area contributed by atoms with Gasteiger partial charge in [-0.25, -0.2) is 9.97 Å². The highest BCUT2D eigenvalue weighted by Crippen LogP contribution is 2.24. The van der Waals surface area contributed by atoms with E-state index in [0.29, 0.717) is 5.92 Å². The molecule has 0 saturated carbocycles. The smallest absolute Gasteiger partial charge is 0.132 e. The zero-order chi connectivity index (χ0) is 14.5. The minimum absolute atomic E-state index is 0.304. The second-order valence-electron chi connectivity index (χ2n) is 4.96. The Bertz CT molecular complexity index is 567. The van der Waals surface area contributed by atoms with Crippen molar-refractivity contribution in [2.45, 2.75) is 33.1 Å². The Morgan fingerprint density at radius 3 is 2.45 bits per heavy atom. The highest BCUT2D eigenvalue weighted by Gasteiger charge is 2.08. The first-order valence-corrected chi connectivity index (χ1v) is 7.67. The molecule has 0 radical (unpaired) electrons. The number of hydrogen-bond donors (Lipinski definition) is 0. The van der Waals surface area contributed by atoms with Crippen LogP contribution in [0.15, 0.2) is 34.9 Å². The van der Waals surface area contributed by atoms with Crippen LogP contribution in [-0.4, -0.2) is 16.6 Å². The summed E-state index contributed by atoms with van der Waals surface area (Å²) in [4.78, 5) is 9.01. The summed E-state index contributed by atoms with van der Waals surface area (Å²) in [5, 5.41) is 0. The van der Waals surface area contributed by atoms with E-state index < -0.39 is 0 Å². The Kier molecular flexibility index (Phi) is 5.12. The molecule has 0 spiro atoms. The number of benzene rings is 1. The van der Waals surface area contributed by atoms with Gasteiger partial charge in [-0.1, -0.05) is 20.8 Å². The van der Waals surface area contributed by atoms with Gasteiger partial charge in [-0.15, -0.1) is 0 Å². The van der Waals surface area contributed by atoms with Crippen molar-refractivity contribution in [3.05, 3.63) is 40.8 Å². The molecule has 0 N–H and O–H groups in total. The van der Waals surface area contributed by atoms with Crippen molar-refractivity contribution < 1.29 is 4.74 Å². The SMILES string of the molecule is CCCOc1ccc(-c2cc(Br)nc(C(C)C)n2)cc1. The van der Waals surface area contributed by atoms with Gasteiger partial charge < -0.3 is 4.74 Å². The van der Waals surface area contributed by atoms with Crippen molar-refractivity contribution >= 4 is 15.9 Å². The molecule has 0 aliphatic rings. The van der Waals surface area contributed by atoms with Gasteiger partial charge in [0.05, 0.1) is 12.3 Å². The molecule has 1 aromatic heterocycles. The number of aromatic nitrogens is 2. The van der Waals surface area contributed by atoms with E-state index in [1.54, 1.807) is 0 Å². The fourth-order valence-electron chi connectivity index (χ4n) is 1.78. The van der Waals surface area contributed by atoms with Gasteiger partial charge in [0.2, 0.25) is 0 Å². The molecule has 3 nitrogen and oxygen atoms in total. The molecule has 2 rings (SSSR count). The Morgan fingerprint density at radius 1 is 1.15 bits per heavy atom. The lowest BCUT2D eigenvalue weighted by Gasteiger charge is -2.09. The molecule has 0 aliphatic heterocycles. The third kappa shape index (κ3) is 3.79. The number of nitrogens with zero attached hydrogens (tertiary/aromatic N) is 2. The molecule has 0 unspecified atom stereocenters. The van der Waals surface area contributed by atoms with Crippen LogP contribution in [0.1, 0.15) is 38.9 Å². The molecule has 0 fully saturated rings. The second-order valence-corrected chi connectivity index (χ2v) is 5.77. The lowest BCUT2D eigenvalue weighted by Crippen LogP contribution is -1.99. The van der Waals surface area contributed by atoms with Crippen LogP contribution in [0.5, 0.6) is 5.75 Å². The van der Waals surface area contributed by atoms with Crippen molar-refractivity contribution in [2.24, 2.45) is 0 Å². The summed E-state index contributed by atoms with van der Waals surface area (Å²) in [6, 6.07) is 9.97. The molecule has 2 aromatic rings. The summed E-state index contributed by atoms with van der Waals surface area (Å²) in [5.41, 5.74) is 2.00. The summed E-state index contributed by atoms with van der Waals surface area (Å²) in [6.07, 6.45) is 1.01. The summed E-state index contributed by atoms with van der Waals surface area (Å²) >= 11 is 3.45. The van der Waals surface area contributed by atoms with Crippen LogP contribution in [0.4, 0.5) is 0 Å². The predicted octanol–water partition coefficient (Wildman–Crippen LogP) is 4.82. The minimum Gasteiger partial charge on any atom is -0.494 e. The maximum atomic E-state index is 5.59. The number of rotatable bonds is 5. The van der Waals surface area contributed by atoms with Crippen molar-refractivity contribution in [3.63, 3.8) is 0 Å². The number of halogens is 1. The normalized spacial score (nSPS) is 10.8. The van der Waals surface area contributed by atoms with Gasteiger partial charge in [0.15, 0.2) is 0 Å². The van der Waals surface area contributed by atoms with E-state index in [9.17, 15) is 0 Å². The van der Waals surface area contributed by atoms with Gasteiger partial charge in [0.25, 0.3) is 0 Å². The van der Waals surface area contributed by atoms with E-state index in [2.05, 4.69) is 46.7 Å². The highest BCUT2D eigenvalue weighted by atomic mass is 79.9. The molecule has 106 valence electrons. The summed E-state index contributed by atoms with van der Waals surface area (Å²) in [7, 11) is 0. The zero-order valence-corrected chi connectivity index (χ0v) is 13.6. The quantitative estimate of drug-likeness (QED) is 0.735. The van der Waals surface area contributed by atoms with Crippen LogP contribution in [0.3, 0.4) is 0 Å². The van der Waals surface area contributed by atoms with E-state index in [4.69, 9.17) is 4.74 Å². The van der Waals surface area contributed by atoms with Crippen LogP contribution < -0.4 is 4.74 Å². The molecule has 0 amide bonds. The molecular formula is C16H19BrN2O. The average Bonchev–Trinajstić information content (AvgIpc) is 2.45. The van der Waals surface area contributed by atoms with Crippen molar-refractivity contribution in [3.8, 4) is 17.0 Å². The third-order valence-electron chi connectivity index (χ3n) is 2.85. The Hall–Kier alpha value is -1.42. The summed E-state index contributed by atoms with van der Waals surface area (Å²) in [5.74, 6) is 2.05. The molecule has 0 saturated heterocycles. The average molecular weight is 335 g/mol. The summed E-state index contributed by atoms with van der Waals surface area (Å²) in [6.45, 7) is 7.02. The Balaban J connectivity index is 2.27. The lowest BCUT2D eigenvalue weighted by molar-refractivity contribution is 0.317. The first-order valence-electron chi connectivity index (χ1n) is 6.88. The van der Waals surface area contributed by atoms with Crippen LogP contribution >= 0.6 is 15.9 Å². The Labute approximate surface area is 128 Å². The highest BCUT2D eigenvalue weighted by molar-refractivity contribution is 9.10. The molecule has 0 aliphatic carbocycles. The van der Waals surface area contributed by atoms with Crippen molar-refractivity contribution in [1.82, 2.24) is 9.97 Å². The summed E-state index contributed by atoms with van der Waals surface area (Å²) < 4.78 is 6.41. The molecular weight excluding hydrogens is 316 g/mol. The van der Waals surface area contributed by atoms with Gasteiger partial charge in [0, 0.05) is 11.5 Å². The first-order chi connectivity index (χ1) is 9.60. The second kappa shape index (κ2) is 6.84. The van der Waals surface area contributed by atoms with Crippen molar-refractivity contribution in [2.75, 3.05) is 6.61 Å². The largest absolute Gasteiger partial charge is 0.494 e. The van der Waals surface area contributed by atoms with E-state index in [1.807, 2.05) is 30.3 Å². The monoisotopic (exact) mass is 334 g/mol. The molecule has 20 heavy (non-hydrogen) atoms. The molecule has 4 heteroatoms. The fourth-order valence-corrected chi connectivity index (χ4v) is 2.18. The zero-order valence-electron chi connectivity index (χ0n) is 12.1. The third-order valence-corrected chi connectivity index (χ3v) is 3.26. The fraction of sp³-hybridized carbons (Fsp3) is 0.375. The predicted molar refractivity (Wildman–Crippen MR) is 85.0 cm³/mol. The molecule has 0 atom stereocenters. The number of ether oxygens (including phenoxy) is 1. The van der Waals surface area contributed by atoms with Crippen LogP contribution in [0, 0.1) is 0 Å². The van der Waals surface area contributed by atoms with Crippen LogP contribution in [0.2, 0.25) is 0 Å². The van der Waals surface area contributed by atoms with Crippen LogP contribution in [0.25, 0.3) is 11.3 Å². The van der Waals surface area contributed by atoms with Crippen LogP contribution in [-0.2, 0) is 0 Å².